The van der Waals surface area contributed by atoms with Gasteiger partial charge in [0.15, 0.2) is 0 Å². The average molecular weight is 216 g/mol. The van der Waals surface area contributed by atoms with Gasteiger partial charge in [-0.15, -0.1) is 0 Å². The van der Waals surface area contributed by atoms with Gasteiger partial charge in [0.25, 0.3) is 0 Å². The van der Waals surface area contributed by atoms with Crippen LogP contribution >= 0.6 is 11.6 Å². The lowest BCUT2D eigenvalue weighted by Gasteiger charge is -2.09. The molecule has 0 heterocycles. The lowest BCUT2D eigenvalue weighted by atomic mass is 10.2. The van der Waals surface area contributed by atoms with Crippen molar-refractivity contribution < 1.29 is 9.84 Å². The van der Waals surface area contributed by atoms with Crippen LogP contribution in [-0.2, 0) is 6.54 Å². The molecule has 1 aromatic rings. The fraction of sp³-hybridized carbons (Fsp3) is 0.400. The smallest absolute Gasteiger partial charge is 0.123 e. The second-order valence-electron chi connectivity index (χ2n) is 2.88. The largest absolute Gasteiger partial charge is 0.493 e. The van der Waals surface area contributed by atoms with Crippen molar-refractivity contribution in [3.05, 3.63) is 28.8 Å². The van der Waals surface area contributed by atoms with Crippen molar-refractivity contribution in [2.75, 3.05) is 13.2 Å². The van der Waals surface area contributed by atoms with Gasteiger partial charge in [-0.2, -0.15) is 0 Å². The molecule has 0 bridgehead atoms. The first-order valence-corrected chi connectivity index (χ1v) is 4.88. The molecule has 0 atom stereocenters. The standard InChI is InChI=1S/C10H14ClNO2/c11-9-2-3-10(8(6-9)7-12)14-5-1-4-13/h2-3,6,13H,1,4-5,7,12H2. The Morgan fingerprint density at radius 2 is 2.21 bits per heavy atom. The number of benzene rings is 1. The molecule has 0 aliphatic rings. The van der Waals surface area contributed by atoms with Gasteiger partial charge in [0.2, 0.25) is 0 Å². The molecule has 0 saturated heterocycles. The van der Waals surface area contributed by atoms with E-state index in [0.29, 0.717) is 24.6 Å². The third kappa shape index (κ3) is 3.18. The molecule has 0 unspecified atom stereocenters. The summed E-state index contributed by atoms with van der Waals surface area (Å²) in [7, 11) is 0. The predicted octanol–water partition coefficient (Wildman–Crippen LogP) is 1.56. The van der Waals surface area contributed by atoms with Crippen LogP contribution in [0, 0.1) is 0 Å². The Hall–Kier alpha value is -0.770. The number of ether oxygens (including phenoxy) is 1. The summed E-state index contributed by atoms with van der Waals surface area (Å²) >= 11 is 5.81. The molecule has 0 spiro atoms. The monoisotopic (exact) mass is 215 g/mol. The zero-order valence-electron chi connectivity index (χ0n) is 7.87. The molecule has 3 nitrogen and oxygen atoms in total. The quantitative estimate of drug-likeness (QED) is 0.733. The Morgan fingerprint density at radius 1 is 1.43 bits per heavy atom. The van der Waals surface area contributed by atoms with E-state index in [1.54, 1.807) is 18.2 Å². The van der Waals surface area contributed by atoms with E-state index in [9.17, 15) is 0 Å². The van der Waals surface area contributed by atoms with E-state index < -0.39 is 0 Å². The average Bonchev–Trinajstić information content (AvgIpc) is 2.20. The van der Waals surface area contributed by atoms with Crippen LogP contribution in [0.25, 0.3) is 0 Å². The van der Waals surface area contributed by atoms with E-state index in [2.05, 4.69) is 0 Å². The number of hydrogen-bond acceptors (Lipinski definition) is 3. The van der Waals surface area contributed by atoms with Crippen molar-refractivity contribution in [1.82, 2.24) is 0 Å². The van der Waals surface area contributed by atoms with Crippen molar-refractivity contribution in [3.63, 3.8) is 0 Å². The van der Waals surface area contributed by atoms with Crippen LogP contribution in [0.15, 0.2) is 18.2 Å². The number of hydrogen-bond donors (Lipinski definition) is 2. The fourth-order valence-corrected chi connectivity index (χ4v) is 1.29. The highest BCUT2D eigenvalue weighted by atomic mass is 35.5. The Labute approximate surface area is 88.4 Å². The molecule has 14 heavy (non-hydrogen) atoms. The SMILES string of the molecule is NCc1cc(Cl)ccc1OCCCO. The van der Waals surface area contributed by atoms with E-state index in [1.807, 2.05) is 0 Å². The van der Waals surface area contributed by atoms with E-state index in [4.69, 9.17) is 27.2 Å². The summed E-state index contributed by atoms with van der Waals surface area (Å²) < 4.78 is 5.42. The van der Waals surface area contributed by atoms with Crippen molar-refractivity contribution in [2.24, 2.45) is 5.73 Å². The maximum absolute atomic E-state index is 8.59. The minimum absolute atomic E-state index is 0.131. The van der Waals surface area contributed by atoms with E-state index in [-0.39, 0.29) is 6.61 Å². The first-order valence-electron chi connectivity index (χ1n) is 4.50. The van der Waals surface area contributed by atoms with Crippen molar-refractivity contribution in [1.29, 1.82) is 0 Å². The normalized spacial score (nSPS) is 10.2. The van der Waals surface area contributed by atoms with Gasteiger partial charge in [-0.05, 0) is 18.2 Å². The highest BCUT2D eigenvalue weighted by molar-refractivity contribution is 6.30. The molecule has 4 heteroatoms. The summed E-state index contributed by atoms with van der Waals surface area (Å²) in [5, 5.41) is 9.24. The Morgan fingerprint density at radius 3 is 2.86 bits per heavy atom. The molecule has 0 aromatic heterocycles. The van der Waals surface area contributed by atoms with Gasteiger partial charge in [-0.25, -0.2) is 0 Å². The maximum atomic E-state index is 8.59. The first-order chi connectivity index (χ1) is 6.77. The Kier molecular flexibility index (Phi) is 4.73. The van der Waals surface area contributed by atoms with Gasteiger partial charge < -0.3 is 15.6 Å². The molecule has 0 fully saturated rings. The second-order valence-corrected chi connectivity index (χ2v) is 3.32. The Bertz CT molecular complexity index is 291. The summed E-state index contributed by atoms with van der Waals surface area (Å²) in [4.78, 5) is 0. The number of nitrogens with two attached hydrogens (primary N) is 1. The summed E-state index contributed by atoms with van der Waals surface area (Å²) in [5.41, 5.74) is 6.42. The first kappa shape index (κ1) is 11.3. The molecule has 1 aromatic carbocycles. The van der Waals surface area contributed by atoms with Gasteiger partial charge in [-0.3, -0.25) is 0 Å². The van der Waals surface area contributed by atoms with Crippen molar-refractivity contribution in [3.8, 4) is 5.75 Å². The molecule has 78 valence electrons. The molecular weight excluding hydrogens is 202 g/mol. The number of aliphatic hydroxyl groups excluding tert-OH is 1. The van der Waals surface area contributed by atoms with Crippen LogP contribution in [0.3, 0.4) is 0 Å². The van der Waals surface area contributed by atoms with E-state index >= 15 is 0 Å². The lowest BCUT2D eigenvalue weighted by Crippen LogP contribution is -2.04. The minimum atomic E-state index is 0.131. The maximum Gasteiger partial charge on any atom is 0.123 e. The van der Waals surface area contributed by atoms with Gasteiger partial charge in [0.05, 0.1) is 6.61 Å². The molecular formula is C10H14ClNO2. The summed E-state index contributed by atoms with van der Waals surface area (Å²) in [6.07, 6.45) is 0.618. The number of rotatable bonds is 5. The predicted molar refractivity (Wildman–Crippen MR) is 56.5 cm³/mol. The minimum Gasteiger partial charge on any atom is -0.493 e. The van der Waals surface area contributed by atoms with E-state index in [1.165, 1.54) is 0 Å². The fourth-order valence-electron chi connectivity index (χ4n) is 1.10. The van der Waals surface area contributed by atoms with Gasteiger partial charge in [-0.1, -0.05) is 11.6 Å². The summed E-state index contributed by atoms with van der Waals surface area (Å²) in [5.74, 6) is 0.741. The van der Waals surface area contributed by atoms with Crippen LogP contribution in [0.1, 0.15) is 12.0 Å². The molecule has 0 amide bonds. The van der Waals surface area contributed by atoms with E-state index in [0.717, 1.165) is 11.3 Å². The lowest BCUT2D eigenvalue weighted by molar-refractivity contribution is 0.232. The molecule has 0 radical (unpaired) electrons. The van der Waals surface area contributed by atoms with Crippen LogP contribution in [0.4, 0.5) is 0 Å². The van der Waals surface area contributed by atoms with Crippen molar-refractivity contribution >= 4 is 11.6 Å². The van der Waals surface area contributed by atoms with Crippen LogP contribution in [0.2, 0.25) is 5.02 Å². The molecule has 1 rings (SSSR count). The summed E-state index contributed by atoms with van der Waals surface area (Å²) in [6.45, 7) is 1.02. The van der Waals surface area contributed by atoms with Gasteiger partial charge in [0, 0.05) is 30.2 Å². The number of halogens is 1. The summed E-state index contributed by atoms with van der Waals surface area (Å²) in [6, 6.07) is 5.34. The van der Waals surface area contributed by atoms with Gasteiger partial charge in [0.1, 0.15) is 5.75 Å². The third-order valence-corrected chi connectivity index (χ3v) is 2.04. The molecule has 0 aliphatic carbocycles. The zero-order valence-corrected chi connectivity index (χ0v) is 8.63. The molecule has 0 aliphatic heterocycles. The highest BCUT2D eigenvalue weighted by Crippen LogP contribution is 2.22. The van der Waals surface area contributed by atoms with Crippen LogP contribution < -0.4 is 10.5 Å². The third-order valence-electron chi connectivity index (χ3n) is 1.80. The van der Waals surface area contributed by atoms with Gasteiger partial charge >= 0.3 is 0 Å². The molecule has 3 N–H and O–H groups in total. The molecule has 0 saturated carbocycles. The highest BCUT2D eigenvalue weighted by Gasteiger charge is 2.02. The number of aliphatic hydroxyl groups is 1. The zero-order chi connectivity index (χ0) is 10.4. The van der Waals surface area contributed by atoms with Crippen LogP contribution in [-0.4, -0.2) is 18.3 Å². The topological polar surface area (TPSA) is 55.5 Å². The Balaban J connectivity index is 2.65. The van der Waals surface area contributed by atoms with Crippen LogP contribution in [0.5, 0.6) is 5.75 Å². The second kappa shape index (κ2) is 5.86. The van der Waals surface area contributed by atoms with Crippen molar-refractivity contribution in [2.45, 2.75) is 13.0 Å².